The third-order valence-electron chi connectivity index (χ3n) is 5.48. The molecule has 2 aromatic carbocycles. The molecular formula is C33H29N. The van der Waals surface area contributed by atoms with Gasteiger partial charge in [0, 0.05) is 22.3 Å². The van der Waals surface area contributed by atoms with Crippen LogP contribution >= 0.6 is 0 Å². The zero-order valence-corrected chi connectivity index (χ0v) is 20.8. The fourth-order valence-electron chi connectivity index (χ4n) is 3.32. The molecular weight excluding hydrogens is 410 g/mol. The number of pyridine rings is 1. The normalized spacial score (nSPS) is 10.7. The largest absolute Gasteiger partial charge is 0.231 e. The summed E-state index contributed by atoms with van der Waals surface area (Å²) in [6, 6.07) is 17.8. The Morgan fingerprint density at radius 1 is 0.559 bits per heavy atom. The quantitative estimate of drug-likeness (QED) is 0.367. The number of aromatic nitrogens is 1. The number of hydrogen-bond acceptors (Lipinski definition) is 1. The average molecular weight is 440 g/mol. The van der Waals surface area contributed by atoms with E-state index in [0.29, 0.717) is 11.4 Å². The van der Waals surface area contributed by atoms with Gasteiger partial charge in [0.1, 0.15) is 11.4 Å². The maximum absolute atomic E-state index is 5.74. The van der Waals surface area contributed by atoms with Crippen molar-refractivity contribution in [2.45, 2.75) is 52.4 Å². The first-order valence-corrected chi connectivity index (χ1v) is 11.2. The van der Waals surface area contributed by atoms with Crippen molar-refractivity contribution in [2.24, 2.45) is 0 Å². The van der Waals surface area contributed by atoms with Crippen LogP contribution < -0.4 is 0 Å². The second-order valence-corrected chi connectivity index (χ2v) is 10.2. The lowest BCUT2D eigenvalue weighted by Crippen LogP contribution is -2.11. The molecule has 1 aromatic heterocycles. The molecule has 0 spiro atoms. The Kier molecular flexibility index (Phi) is 7.03. The fraction of sp³-hybridized carbons (Fsp3) is 0.242. The Hall–Kier alpha value is -4.17. The van der Waals surface area contributed by atoms with Crippen LogP contribution in [-0.2, 0) is 10.8 Å². The highest BCUT2D eigenvalue weighted by atomic mass is 14.7. The van der Waals surface area contributed by atoms with E-state index >= 15 is 0 Å². The van der Waals surface area contributed by atoms with Crippen LogP contribution in [0.3, 0.4) is 0 Å². The maximum atomic E-state index is 5.74. The molecule has 0 aliphatic carbocycles. The lowest BCUT2D eigenvalue weighted by Gasteiger charge is -2.19. The monoisotopic (exact) mass is 439 g/mol. The topological polar surface area (TPSA) is 12.9 Å². The standard InChI is InChI=1S/C33H29N/c1-9-24-22-28(32(3,4)5)18-14-26(24)16-20-30-12-11-13-31(34-30)21-17-27-15-19-29(33(6,7)8)23-25(27)10-2/h1-2,11-15,18-19,22-23H,3-8H3. The molecule has 0 fully saturated rings. The van der Waals surface area contributed by atoms with Crippen LogP contribution in [0.5, 0.6) is 0 Å². The molecule has 0 saturated heterocycles. The van der Waals surface area contributed by atoms with Gasteiger partial charge in [0.05, 0.1) is 0 Å². The van der Waals surface area contributed by atoms with Crippen molar-refractivity contribution in [3.63, 3.8) is 0 Å². The third kappa shape index (κ3) is 5.99. The first-order chi connectivity index (χ1) is 16.0. The molecule has 0 atom stereocenters. The Bertz CT molecular complexity index is 1320. The van der Waals surface area contributed by atoms with E-state index < -0.39 is 0 Å². The van der Waals surface area contributed by atoms with Crippen LogP contribution in [0.15, 0.2) is 54.6 Å². The molecule has 1 heterocycles. The van der Waals surface area contributed by atoms with Gasteiger partial charge in [-0.25, -0.2) is 4.98 Å². The molecule has 3 rings (SSSR count). The summed E-state index contributed by atoms with van der Waals surface area (Å²) in [5.74, 6) is 18.1. The highest BCUT2D eigenvalue weighted by Gasteiger charge is 2.15. The van der Waals surface area contributed by atoms with Gasteiger partial charge in [0.15, 0.2) is 0 Å². The second-order valence-electron chi connectivity index (χ2n) is 10.2. The molecule has 1 heteroatoms. The van der Waals surface area contributed by atoms with Gasteiger partial charge in [0.2, 0.25) is 0 Å². The molecule has 0 aliphatic heterocycles. The summed E-state index contributed by atoms with van der Waals surface area (Å²) in [5.41, 5.74) is 6.89. The van der Waals surface area contributed by atoms with Crippen LogP contribution in [-0.4, -0.2) is 4.98 Å². The molecule has 0 amide bonds. The van der Waals surface area contributed by atoms with Crippen LogP contribution in [0.25, 0.3) is 0 Å². The summed E-state index contributed by atoms with van der Waals surface area (Å²) >= 11 is 0. The number of rotatable bonds is 0. The van der Waals surface area contributed by atoms with Gasteiger partial charge in [-0.1, -0.05) is 83.4 Å². The van der Waals surface area contributed by atoms with Crippen LogP contribution in [0.1, 0.15) is 86.3 Å². The Morgan fingerprint density at radius 2 is 0.971 bits per heavy atom. The van der Waals surface area contributed by atoms with Crippen LogP contribution in [0, 0.1) is 48.4 Å². The number of terminal acetylenes is 2. The predicted octanol–water partition coefficient (Wildman–Crippen LogP) is 6.44. The van der Waals surface area contributed by atoms with Crippen molar-refractivity contribution in [1.29, 1.82) is 0 Å². The molecule has 0 radical (unpaired) electrons. The van der Waals surface area contributed by atoms with Crippen molar-refractivity contribution in [3.8, 4) is 48.4 Å². The zero-order chi connectivity index (χ0) is 24.9. The minimum atomic E-state index is 0.0263. The Morgan fingerprint density at radius 3 is 1.32 bits per heavy atom. The molecule has 1 nitrogen and oxygen atoms in total. The van der Waals surface area contributed by atoms with Crippen molar-refractivity contribution >= 4 is 0 Å². The van der Waals surface area contributed by atoms with E-state index in [2.05, 4.69) is 94.2 Å². The van der Waals surface area contributed by atoms with E-state index in [1.54, 1.807) is 0 Å². The number of benzene rings is 2. The summed E-state index contributed by atoms with van der Waals surface area (Å²) in [7, 11) is 0. The molecule has 0 saturated carbocycles. The summed E-state index contributed by atoms with van der Waals surface area (Å²) in [6.45, 7) is 13.0. The first kappa shape index (κ1) is 24.5. The summed E-state index contributed by atoms with van der Waals surface area (Å²) in [6.07, 6.45) is 11.5. The van der Waals surface area contributed by atoms with Gasteiger partial charge in [-0.2, -0.15) is 0 Å². The zero-order valence-electron chi connectivity index (χ0n) is 20.8. The average Bonchev–Trinajstić information content (AvgIpc) is 2.80. The molecule has 0 N–H and O–H groups in total. The van der Waals surface area contributed by atoms with Gasteiger partial charge in [0.25, 0.3) is 0 Å². The SMILES string of the molecule is C#Cc1cc(C(C)(C)C)ccc1C#Cc1cccc(C#Cc2ccc(C(C)(C)C)cc2C#C)n1. The lowest BCUT2D eigenvalue weighted by molar-refractivity contribution is 0.590. The van der Waals surface area contributed by atoms with Gasteiger partial charge in [-0.15, -0.1) is 12.8 Å². The number of nitrogens with zero attached hydrogens (tertiary/aromatic N) is 1. The summed E-state index contributed by atoms with van der Waals surface area (Å²) in [4.78, 5) is 4.58. The molecule has 0 unspecified atom stereocenters. The third-order valence-corrected chi connectivity index (χ3v) is 5.48. The Balaban J connectivity index is 1.90. The molecule has 0 aliphatic rings. The van der Waals surface area contributed by atoms with E-state index in [4.69, 9.17) is 12.8 Å². The fourth-order valence-corrected chi connectivity index (χ4v) is 3.32. The van der Waals surface area contributed by atoms with Crippen molar-refractivity contribution in [2.75, 3.05) is 0 Å². The minimum absolute atomic E-state index is 0.0263. The predicted molar refractivity (Wildman–Crippen MR) is 142 cm³/mol. The second kappa shape index (κ2) is 9.76. The van der Waals surface area contributed by atoms with Gasteiger partial charge in [-0.05, 0) is 70.2 Å². The molecule has 0 bridgehead atoms. The van der Waals surface area contributed by atoms with Gasteiger partial charge >= 0.3 is 0 Å². The van der Waals surface area contributed by atoms with Crippen molar-refractivity contribution in [3.05, 3.63) is 99.4 Å². The van der Waals surface area contributed by atoms with Crippen molar-refractivity contribution in [1.82, 2.24) is 4.98 Å². The van der Waals surface area contributed by atoms with Crippen LogP contribution in [0.4, 0.5) is 0 Å². The van der Waals surface area contributed by atoms with Gasteiger partial charge < -0.3 is 0 Å². The van der Waals surface area contributed by atoms with E-state index in [0.717, 1.165) is 22.3 Å². The smallest absolute Gasteiger partial charge is 0.115 e. The highest BCUT2D eigenvalue weighted by molar-refractivity contribution is 5.55. The maximum Gasteiger partial charge on any atom is 0.115 e. The number of hydrogen-bond donors (Lipinski definition) is 0. The molecule has 166 valence electrons. The van der Waals surface area contributed by atoms with E-state index in [9.17, 15) is 0 Å². The van der Waals surface area contributed by atoms with E-state index in [1.807, 2.05) is 42.5 Å². The van der Waals surface area contributed by atoms with E-state index in [-0.39, 0.29) is 10.8 Å². The molecule has 34 heavy (non-hydrogen) atoms. The first-order valence-electron chi connectivity index (χ1n) is 11.2. The summed E-state index contributed by atoms with van der Waals surface area (Å²) in [5, 5.41) is 0. The van der Waals surface area contributed by atoms with Gasteiger partial charge in [-0.3, -0.25) is 0 Å². The van der Waals surface area contributed by atoms with Crippen LogP contribution in [0.2, 0.25) is 0 Å². The highest BCUT2D eigenvalue weighted by Crippen LogP contribution is 2.25. The minimum Gasteiger partial charge on any atom is -0.231 e. The van der Waals surface area contributed by atoms with Crippen molar-refractivity contribution < 1.29 is 0 Å². The molecule has 3 aromatic rings. The summed E-state index contributed by atoms with van der Waals surface area (Å²) < 4.78 is 0. The Labute approximate surface area is 205 Å². The van der Waals surface area contributed by atoms with E-state index in [1.165, 1.54) is 11.1 Å². The lowest BCUT2D eigenvalue weighted by atomic mass is 9.85.